The van der Waals surface area contributed by atoms with Crippen molar-refractivity contribution in [3.05, 3.63) is 24.4 Å². The summed E-state index contributed by atoms with van der Waals surface area (Å²) >= 11 is 0. The first kappa shape index (κ1) is 20.5. The molecule has 146 valence electrons. The van der Waals surface area contributed by atoms with Gasteiger partial charge in [-0.25, -0.2) is 4.98 Å². The lowest BCUT2D eigenvalue weighted by Gasteiger charge is -2.37. The minimum absolute atomic E-state index is 0.242. The minimum Gasteiger partial charge on any atom is -0.396 e. The van der Waals surface area contributed by atoms with Gasteiger partial charge >= 0.3 is 0 Å². The third-order valence-electron chi connectivity index (χ3n) is 4.73. The maximum absolute atomic E-state index is 9.32. The summed E-state index contributed by atoms with van der Waals surface area (Å²) in [6, 6.07) is 6.06. The molecule has 26 heavy (non-hydrogen) atoms. The van der Waals surface area contributed by atoms with Gasteiger partial charge in [0.2, 0.25) is 0 Å². The molecule has 0 saturated carbocycles. The lowest BCUT2D eigenvalue weighted by molar-refractivity contribution is 0.245. The average molecular weight is 362 g/mol. The number of guanidine groups is 1. The van der Waals surface area contributed by atoms with Gasteiger partial charge in [-0.2, -0.15) is 0 Å². The van der Waals surface area contributed by atoms with Crippen molar-refractivity contribution < 1.29 is 5.11 Å². The number of pyridine rings is 1. The number of hydrogen-bond donors (Lipinski definition) is 2. The lowest BCUT2D eigenvalue weighted by Crippen LogP contribution is -2.52. The number of nitrogens with one attached hydrogen (secondary N) is 1. The predicted octanol–water partition coefficient (Wildman–Crippen LogP) is 2.21. The monoisotopic (exact) mass is 361 g/mol. The molecule has 1 aromatic rings. The standard InChI is InChI=1S/C20H35N5O/c1-4-21-20(23-16-18(8-14-26)15-17(2)3)25-12-10-24(11-13-25)19-7-5-6-9-22-19/h5-7,9,17-18,26H,4,8,10-16H2,1-3H3,(H,21,23). The molecule has 1 fully saturated rings. The zero-order valence-corrected chi connectivity index (χ0v) is 16.6. The zero-order valence-electron chi connectivity index (χ0n) is 16.6. The van der Waals surface area contributed by atoms with Crippen molar-refractivity contribution >= 4 is 11.8 Å². The van der Waals surface area contributed by atoms with E-state index < -0.39 is 0 Å². The molecular formula is C20H35N5O. The molecule has 6 heteroatoms. The molecular weight excluding hydrogens is 326 g/mol. The predicted molar refractivity (Wildman–Crippen MR) is 109 cm³/mol. The first-order valence-electron chi connectivity index (χ1n) is 9.94. The van der Waals surface area contributed by atoms with Crippen molar-refractivity contribution in [1.82, 2.24) is 15.2 Å². The molecule has 2 heterocycles. The van der Waals surface area contributed by atoms with E-state index in [2.05, 4.69) is 46.9 Å². The number of aliphatic imine (C=N–C) groups is 1. The van der Waals surface area contributed by atoms with Gasteiger partial charge in [0.15, 0.2) is 5.96 Å². The second kappa shape index (κ2) is 11.0. The maximum atomic E-state index is 9.32. The largest absolute Gasteiger partial charge is 0.396 e. The molecule has 1 saturated heterocycles. The average Bonchev–Trinajstić information content (AvgIpc) is 2.65. The van der Waals surface area contributed by atoms with Crippen LogP contribution in [0.1, 0.15) is 33.6 Å². The molecule has 1 aliphatic rings. The van der Waals surface area contributed by atoms with Crippen LogP contribution in [-0.4, -0.2) is 66.8 Å². The fourth-order valence-corrected chi connectivity index (χ4v) is 3.46. The maximum Gasteiger partial charge on any atom is 0.194 e. The quantitative estimate of drug-likeness (QED) is 0.549. The Balaban J connectivity index is 1.94. The van der Waals surface area contributed by atoms with Gasteiger partial charge in [-0.15, -0.1) is 0 Å². The highest BCUT2D eigenvalue weighted by molar-refractivity contribution is 5.80. The normalized spacial score (nSPS) is 16.9. The molecule has 1 atom stereocenters. The molecule has 0 radical (unpaired) electrons. The molecule has 1 aromatic heterocycles. The molecule has 1 unspecified atom stereocenters. The van der Waals surface area contributed by atoms with Crippen LogP contribution in [-0.2, 0) is 0 Å². The molecule has 2 N–H and O–H groups in total. The molecule has 0 amide bonds. The minimum atomic E-state index is 0.242. The van der Waals surface area contributed by atoms with Crippen molar-refractivity contribution in [3.63, 3.8) is 0 Å². The summed E-state index contributed by atoms with van der Waals surface area (Å²) in [5.74, 6) is 3.13. The number of aliphatic hydroxyl groups excluding tert-OH is 1. The summed E-state index contributed by atoms with van der Waals surface area (Å²) in [7, 11) is 0. The second-order valence-corrected chi connectivity index (χ2v) is 7.36. The topological polar surface area (TPSA) is 64.0 Å². The number of rotatable bonds is 8. The van der Waals surface area contributed by atoms with Crippen LogP contribution < -0.4 is 10.2 Å². The fourth-order valence-electron chi connectivity index (χ4n) is 3.46. The van der Waals surface area contributed by atoms with Crippen LogP contribution >= 0.6 is 0 Å². The Hall–Kier alpha value is -1.82. The molecule has 2 rings (SSSR count). The third-order valence-corrected chi connectivity index (χ3v) is 4.73. The Kier molecular flexibility index (Phi) is 8.68. The van der Waals surface area contributed by atoms with Crippen LogP contribution in [0, 0.1) is 11.8 Å². The Bertz CT molecular complexity index is 526. The van der Waals surface area contributed by atoms with Gasteiger partial charge in [0.1, 0.15) is 5.82 Å². The Morgan fingerprint density at radius 1 is 1.27 bits per heavy atom. The summed E-state index contributed by atoms with van der Waals surface area (Å²) in [4.78, 5) is 14.0. The number of nitrogens with zero attached hydrogens (tertiary/aromatic N) is 4. The van der Waals surface area contributed by atoms with E-state index in [9.17, 15) is 5.11 Å². The lowest BCUT2D eigenvalue weighted by atomic mass is 9.94. The van der Waals surface area contributed by atoms with Gasteiger partial charge in [0, 0.05) is 52.1 Å². The van der Waals surface area contributed by atoms with Gasteiger partial charge in [-0.05, 0) is 43.7 Å². The Morgan fingerprint density at radius 3 is 2.62 bits per heavy atom. The Morgan fingerprint density at radius 2 is 2.04 bits per heavy atom. The second-order valence-electron chi connectivity index (χ2n) is 7.36. The van der Waals surface area contributed by atoms with E-state index in [-0.39, 0.29) is 6.61 Å². The van der Waals surface area contributed by atoms with E-state index in [0.29, 0.717) is 11.8 Å². The fraction of sp³-hybridized carbons (Fsp3) is 0.700. The molecule has 0 bridgehead atoms. The SMILES string of the molecule is CCNC(=NCC(CCO)CC(C)C)N1CCN(c2ccccn2)CC1. The van der Waals surface area contributed by atoms with Gasteiger partial charge in [0.25, 0.3) is 0 Å². The van der Waals surface area contributed by atoms with Gasteiger partial charge in [-0.1, -0.05) is 19.9 Å². The van der Waals surface area contributed by atoms with Gasteiger partial charge in [0.05, 0.1) is 0 Å². The van der Waals surface area contributed by atoms with Crippen molar-refractivity contribution in [2.75, 3.05) is 50.8 Å². The molecule has 0 aromatic carbocycles. The van der Waals surface area contributed by atoms with E-state index in [0.717, 1.165) is 63.9 Å². The van der Waals surface area contributed by atoms with Crippen LogP contribution in [0.5, 0.6) is 0 Å². The highest BCUT2D eigenvalue weighted by Gasteiger charge is 2.20. The van der Waals surface area contributed by atoms with E-state index in [1.165, 1.54) is 0 Å². The molecule has 0 aliphatic carbocycles. The first-order chi connectivity index (χ1) is 12.6. The van der Waals surface area contributed by atoms with E-state index in [4.69, 9.17) is 4.99 Å². The van der Waals surface area contributed by atoms with E-state index >= 15 is 0 Å². The summed E-state index contributed by atoms with van der Waals surface area (Å²) in [5.41, 5.74) is 0. The summed E-state index contributed by atoms with van der Waals surface area (Å²) in [6.07, 6.45) is 3.79. The zero-order chi connectivity index (χ0) is 18.8. The van der Waals surface area contributed by atoms with E-state index in [1.807, 2.05) is 18.3 Å². The molecule has 0 spiro atoms. The number of aromatic nitrogens is 1. The van der Waals surface area contributed by atoms with Gasteiger partial charge in [-0.3, -0.25) is 4.99 Å². The number of piperazine rings is 1. The smallest absolute Gasteiger partial charge is 0.194 e. The van der Waals surface area contributed by atoms with Crippen molar-refractivity contribution in [1.29, 1.82) is 0 Å². The van der Waals surface area contributed by atoms with Crippen molar-refractivity contribution in [3.8, 4) is 0 Å². The van der Waals surface area contributed by atoms with Crippen LogP contribution in [0.3, 0.4) is 0 Å². The molecule has 1 aliphatic heterocycles. The number of hydrogen-bond acceptors (Lipinski definition) is 4. The molecule has 6 nitrogen and oxygen atoms in total. The highest BCUT2D eigenvalue weighted by atomic mass is 16.3. The number of aliphatic hydroxyl groups is 1. The third kappa shape index (κ3) is 6.48. The summed E-state index contributed by atoms with van der Waals surface area (Å²) < 4.78 is 0. The van der Waals surface area contributed by atoms with Crippen molar-refractivity contribution in [2.24, 2.45) is 16.8 Å². The number of anilines is 1. The summed E-state index contributed by atoms with van der Waals surface area (Å²) in [6.45, 7) is 12.3. The first-order valence-corrected chi connectivity index (χ1v) is 9.94. The van der Waals surface area contributed by atoms with Crippen LogP contribution in [0.15, 0.2) is 29.4 Å². The van der Waals surface area contributed by atoms with Gasteiger partial charge < -0.3 is 20.2 Å². The summed E-state index contributed by atoms with van der Waals surface area (Å²) in [5, 5.41) is 12.8. The van der Waals surface area contributed by atoms with Crippen LogP contribution in [0.4, 0.5) is 5.82 Å². The van der Waals surface area contributed by atoms with Crippen molar-refractivity contribution in [2.45, 2.75) is 33.6 Å². The van der Waals surface area contributed by atoms with Crippen LogP contribution in [0.2, 0.25) is 0 Å². The highest BCUT2D eigenvalue weighted by Crippen LogP contribution is 2.16. The van der Waals surface area contributed by atoms with Crippen LogP contribution in [0.25, 0.3) is 0 Å². The van der Waals surface area contributed by atoms with E-state index in [1.54, 1.807) is 0 Å². The Labute approximate surface area is 158 Å².